The van der Waals surface area contributed by atoms with Gasteiger partial charge in [-0.2, -0.15) is 0 Å². The zero-order chi connectivity index (χ0) is 13.0. The van der Waals surface area contributed by atoms with E-state index in [4.69, 9.17) is 17.3 Å². The quantitative estimate of drug-likeness (QED) is 0.668. The number of halogens is 3. The van der Waals surface area contributed by atoms with Crippen LogP contribution in [0.15, 0.2) is 6.20 Å². The average Bonchev–Trinajstić information content (AvgIpc) is 2.30. The molecule has 0 atom stereocenters. The summed E-state index contributed by atoms with van der Waals surface area (Å²) in [5, 5.41) is 0. The summed E-state index contributed by atoms with van der Waals surface area (Å²) < 4.78 is 29.8. The first kappa shape index (κ1) is 13.6. The minimum Gasteiger partial charge on any atom is -0.469 e. The van der Waals surface area contributed by atoms with Crippen LogP contribution < -0.4 is 5.73 Å². The van der Waals surface area contributed by atoms with Gasteiger partial charge in [0.1, 0.15) is 5.82 Å². The van der Waals surface area contributed by atoms with Crippen molar-refractivity contribution in [3.8, 4) is 0 Å². The molecule has 0 aliphatic rings. The molecule has 1 aromatic heterocycles. The Morgan fingerprint density at radius 2 is 2.24 bits per heavy atom. The monoisotopic (exact) mass is 264 g/mol. The van der Waals surface area contributed by atoms with E-state index >= 15 is 0 Å². The molecule has 0 saturated carbocycles. The summed E-state index contributed by atoms with van der Waals surface area (Å²) in [6.07, 6.45) is -1.97. The van der Waals surface area contributed by atoms with Crippen LogP contribution in [0.1, 0.15) is 23.1 Å². The SMILES string of the molecule is COC(=O)Cc1c(N)ncc(C(F)F)c1CCl. The Kier molecular flexibility index (Phi) is 4.62. The summed E-state index contributed by atoms with van der Waals surface area (Å²) in [5.41, 5.74) is 5.57. The van der Waals surface area contributed by atoms with Gasteiger partial charge < -0.3 is 10.5 Å². The van der Waals surface area contributed by atoms with E-state index in [1.807, 2.05) is 0 Å². The largest absolute Gasteiger partial charge is 0.469 e. The molecular formula is C10H11ClF2N2O2. The molecule has 0 aliphatic carbocycles. The second-order valence-electron chi connectivity index (χ2n) is 3.24. The van der Waals surface area contributed by atoms with Gasteiger partial charge in [-0.3, -0.25) is 4.79 Å². The fraction of sp³-hybridized carbons (Fsp3) is 0.400. The van der Waals surface area contributed by atoms with Crippen molar-refractivity contribution in [2.24, 2.45) is 0 Å². The Labute approximate surface area is 102 Å². The number of hydrogen-bond acceptors (Lipinski definition) is 4. The molecule has 1 aromatic rings. The molecule has 0 spiro atoms. The molecule has 0 saturated heterocycles. The minimum atomic E-state index is -2.71. The summed E-state index contributed by atoms with van der Waals surface area (Å²) in [6, 6.07) is 0. The van der Waals surface area contributed by atoms with E-state index in [9.17, 15) is 13.6 Å². The maximum Gasteiger partial charge on any atom is 0.310 e. The van der Waals surface area contributed by atoms with Crippen molar-refractivity contribution in [3.63, 3.8) is 0 Å². The number of rotatable bonds is 4. The number of hydrogen-bond donors (Lipinski definition) is 1. The Morgan fingerprint density at radius 1 is 1.59 bits per heavy atom. The van der Waals surface area contributed by atoms with Crippen molar-refractivity contribution in [2.75, 3.05) is 12.8 Å². The number of nitrogens with two attached hydrogens (primary N) is 1. The number of anilines is 1. The number of ether oxygens (including phenoxy) is 1. The number of esters is 1. The van der Waals surface area contributed by atoms with Gasteiger partial charge in [-0.05, 0) is 5.56 Å². The Bertz CT molecular complexity index is 427. The van der Waals surface area contributed by atoms with Crippen LogP contribution in [0.2, 0.25) is 0 Å². The standard InChI is InChI=1S/C10H11ClF2N2O2/c1-17-8(16)2-5-6(3-11)7(9(12)13)4-15-10(5)14/h4,9H,2-3H2,1H3,(H2,14,15). The van der Waals surface area contributed by atoms with Crippen molar-refractivity contribution >= 4 is 23.4 Å². The van der Waals surface area contributed by atoms with Gasteiger partial charge in [-0.15, -0.1) is 11.6 Å². The van der Waals surface area contributed by atoms with Crippen LogP contribution in [0.25, 0.3) is 0 Å². The number of methoxy groups -OCH3 is 1. The Balaban J connectivity index is 3.25. The van der Waals surface area contributed by atoms with E-state index in [1.54, 1.807) is 0 Å². The lowest BCUT2D eigenvalue weighted by atomic mass is 10.0. The van der Waals surface area contributed by atoms with Crippen LogP contribution in [0.4, 0.5) is 14.6 Å². The molecule has 17 heavy (non-hydrogen) atoms. The highest BCUT2D eigenvalue weighted by atomic mass is 35.5. The Hall–Kier alpha value is -1.43. The fourth-order valence-corrected chi connectivity index (χ4v) is 1.70. The topological polar surface area (TPSA) is 65.2 Å². The first-order chi connectivity index (χ1) is 8.01. The van der Waals surface area contributed by atoms with Gasteiger partial charge in [0, 0.05) is 23.2 Å². The number of carbonyl (C=O) groups is 1. The number of nitrogen functional groups attached to an aromatic ring is 1. The molecule has 0 aromatic carbocycles. The molecule has 4 nitrogen and oxygen atoms in total. The van der Waals surface area contributed by atoms with E-state index in [0.717, 1.165) is 6.20 Å². The van der Waals surface area contributed by atoms with Crippen LogP contribution in [-0.2, 0) is 21.8 Å². The lowest BCUT2D eigenvalue weighted by Crippen LogP contribution is -2.12. The van der Waals surface area contributed by atoms with E-state index in [-0.39, 0.29) is 34.8 Å². The molecule has 94 valence electrons. The first-order valence-electron chi connectivity index (χ1n) is 4.68. The molecule has 0 unspecified atom stereocenters. The number of nitrogens with zero attached hydrogens (tertiary/aromatic N) is 1. The van der Waals surface area contributed by atoms with Gasteiger partial charge in [-0.25, -0.2) is 13.8 Å². The Morgan fingerprint density at radius 3 is 2.71 bits per heavy atom. The highest BCUT2D eigenvalue weighted by Gasteiger charge is 2.20. The smallest absolute Gasteiger partial charge is 0.310 e. The van der Waals surface area contributed by atoms with Crippen molar-refractivity contribution < 1.29 is 18.3 Å². The highest BCUT2D eigenvalue weighted by molar-refractivity contribution is 6.17. The highest BCUT2D eigenvalue weighted by Crippen LogP contribution is 2.29. The van der Waals surface area contributed by atoms with Crippen LogP contribution in [0.5, 0.6) is 0 Å². The third-order valence-electron chi connectivity index (χ3n) is 2.28. The van der Waals surface area contributed by atoms with E-state index < -0.39 is 12.4 Å². The lowest BCUT2D eigenvalue weighted by molar-refractivity contribution is -0.139. The number of pyridine rings is 1. The van der Waals surface area contributed by atoms with Crippen molar-refractivity contribution in [1.82, 2.24) is 4.98 Å². The van der Waals surface area contributed by atoms with Crippen molar-refractivity contribution in [2.45, 2.75) is 18.7 Å². The van der Waals surface area contributed by atoms with Gasteiger partial charge in [-0.1, -0.05) is 0 Å². The van der Waals surface area contributed by atoms with Crippen LogP contribution in [0.3, 0.4) is 0 Å². The van der Waals surface area contributed by atoms with Crippen molar-refractivity contribution in [3.05, 3.63) is 22.9 Å². The fourth-order valence-electron chi connectivity index (χ4n) is 1.38. The summed E-state index contributed by atoms with van der Waals surface area (Å²) in [7, 11) is 1.20. The van der Waals surface area contributed by atoms with Crippen LogP contribution >= 0.6 is 11.6 Å². The van der Waals surface area contributed by atoms with Gasteiger partial charge in [0.05, 0.1) is 13.5 Å². The molecule has 0 amide bonds. The second kappa shape index (κ2) is 5.77. The van der Waals surface area contributed by atoms with Gasteiger partial charge in [0.25, 0.3) is 6.43 Å². The second-order valence-corrected chi connectivity index (χ2v) is 3.51. The molecule has 0 radical (unpaired) electrons. The zero-order valence-electron chi connectivity index (χ0n) is 9.04. The summed E-state index contributed by atoms with van der Waals surface area (Å²) in [6.45, 7) is 0. The summed E-state index contributed by atoms with van der Waals surface area (Å²) >= 11 is 5.61. The zero-order valence-corrected chi connectivity index (χ0v) is 9.80. The third kappa shape index (κ3) is 3.03. The normalized spacial score (nSPS) is 10.6. The molecule has 1 heterocycles. The number of alkyl halides is 3. The molecule has 2 N–H and O–H groups in total. The van der Waals surface area contributed by atoms with Crippen LogP contribution in [0, 0.1) is 0 Å². The van der Waals surface area contributed by atoms with E-state index in [1.165, 1.54) is 7.11 Å². The molecule has 0 fully saturated rings. The maximum atomic E-state index is 12.7. The molecule has 7 heteroatoms. The molecule has 1 rings (SSSR count). The molecule has 0 bridgehead atoms. The number of carbonyl (C=O) groups excluding carboxylic acids is 1. The summed E-state index contributed by atoms with van der Waals surface area (Å²) in [5.74, 6) is -0.745. The lowest BCUT2D eigenvalue weighted by Gasteiger charge is -2.13. The first-order valence-corrected chi connectivity index (χ1v) is 5.21. The predicted molar refractivity (Wildman–Crippen MR) is 58.9 cm³/mol. The van der Waals surface area contributed by atoms with Crippen molar-refractivity contribution in [1.29, 1.82) is 0 Å². The van der Waals surface area contributed by atoms with E-state index in [2.05, 4.69) is 9.72 Å². The molecular weight excluding hydrogens is 254 g/mol. The maximum absolute atomic E-state index is 12.7. The molecule has 0 aliphatic heterocycles. The summed E-state index contributed by atoms with van der Waals surface area (Å²) in [4.78, 5) is 14.8. The van der Waals surface area contributed by atoms with E-state index in [0.29, 0.717) is 0 Å². The van der Waals surface area contributed by atoms with Gasteiger partial charge >= 0.3 is 5.97 Å². The average molecular weight is 265 g/mol. The predicted octanol–water partition coefficient (Wildman–Crippen LogP) is 2.06. The third-order valence-corrected chi connectivity index (χ3v) is 2.55. The van der Waals surface area contributed by atoms with Gasteiger partial charge in [0.2, 0.25) is 0 Å². The van der Waals surface area contributed by atoms with Gasteiger partial charge in [0.15, 0.2) is 0 Å². The van der Waals surface area contributed by atoms with Crippen LogP contribution in [-0.4, -0.2) is 18.1 Å². The minimum absolute atomic E-state index is 0.00968. The number of aromatic nitrogens is 1.